The predicted molar refractivity (Wildman–Crippen MR) is 82.7 cm³/mol. The molecule has 0 saturated carbocycles. The van der Waals surface area contributed by atoms with Gasteiger partial charge in [0.15, 0.2) is 5.78 Å². The Kier molecular flexibility index (Phi) is 3.38. The number of carbonyl (C=O) groups is 1. The fraction of sp³-hybridized carbons (Fsp3) is 0.235. The molecule has 0 bridgehead atoms. The zero-order valence-corrected chi connectivity index (χ0v) is 12.8. The molecule has 0 aromatic heterocycles. The van der Waals surface area contributed by atoms with E-state index in [0.717, 1.165) is 5.56 Å². The number of fused-ring (bicyclic) bond motifs is 1. The number of halogens is 1. The van der Waals surface area contributed by atoms with Gasteiger partial charge in [0.05, 0.1) is 5.56 Å². The predicted octanol–water partition coefficient (Wildman–Crippen LogP) is 4.03. The number of Topliss-reactive ketones (excluding diaryl/α,β-unsaturated/α-hetero) is 1. The summed E-state index contributed by atoms with van der Waals surface area (Å²) in [6.07, 6.45) is 0.684. The lowest BCUT2D eigenvalue weighted by atomic mass is 9.86. The summed E-state index contributed by atoms with van der Waals surface area (Å²) in [7, 11) is 0. The number of ether oxygens (including phenoxy) is 1. The van der Waals surface area contributed by atoms with Crippen LogP contribution in [0.15, 0.2) is 54.6 Å². The Morgan fingerprint density at radius 1 is 1.10 bits per heavy atom. The molecule has 2 atom stereocenters. The van der Waals surface area contributed by atoms with E-state index in [2.05, 4.69) is 28.1 Å². The lowest BCUT2D eigenvalue weighted by Crippen LogP contribution is -2.50. The molecule has 0 radical (unpaired) electrons. The minimum atomic E-state index is -0.577. The van der Waals surface area contributed by atoms with E-state index >= 15 is 0 Å². The second-order valence-electron chi connectivity index (χ2n) is 5.30. The molecule has 1 heterocycles. The Hall–Kier alpha value is -1.61. The summed E-state index contributed by atoms with van der Waals surface area (Å²) in [5.41, 5.74) is 1.24. The van der Waals surface area contributed by atoms with Gasteiger partial charge in [0.2, 0.25) is 0 Å². The molecule has 0 fully saturated rings. The van der Waals surface area contributed by atoms with Crippen molar-refractivity contribution in [1.82, 2.24) is 0 Å². The average Bonchev–Trinajstić information content (AvgIpc) is 2.46. The van der Waals surface area contributed by atoms with Gasteiger partial charge in [-0.2, -0.15) is 0 Å². The second kappa shape index (κ2) is 5.06. The third-order valence-electron chi connectivity index (χ3n) is 3.66. The van der Waals surface area contributed by atoms with Crippen molar-refractivity contribution < 1.29 is 9.53 Å². The molecule has 20 heavy (non-hydrogen) atoms. The van der Waals surface area contributed by atoms with Crippen LogP contribution in [0.4, 0.5) is 0 Å². The molecule has 3 heteroatoms. The first-order valence-corrected chi connectivity index (χ1v) is 7.52. The van der Waals surface area contributed by atoms with Crippen LogP contribution in [0.1, 0.15) is 22.8 Å². The topological polar surface area (TPSA) is 26.3 Å². The van der Waals surface area contributed by atoms with E-state index in [4.69, 9.17) is 4.74 Å². The second-order valence-corrected chi connectivity index (χ2v) is 6.22. The van der Waals surface area contributed by atoms with E-state index in [1.54, 1.807) is 0 Å². The van der Waals surface area contributed by atoms with E-state index in [-0.39, 0.29) is 10.6 Å². The third-order valence-corrected chi connectivity index (χ3v) is 5.04. The number of rotatable bonds is 2. The van der Waals surface area contributed by atoms with Crippen molar-refractivity contribution in [2.24, 2.45) is 0 Å². The molecule has 2 nitrogen and oxygen atoms in total. The molecule has 0 saturated heterocycles. The van der Waals surface area contributed by atoms with Crippen molar-refractivity contribution in [3.05, 3.63) is 65.7 Å². The fourth-order valence-electron chi connectivity index (χ4n) is 2.60. The van der Waals surface area contributed by atoms with Crippen molar-refractivity contribution in [1.29, 1.82) is 0 Å². The van der Waals surface area contributed by atoms with Gasteiger partial charge in [-0.25, -0.2) is 0 Å². The molecule has 2 aromatic rings. The molecular formula is C17H15BrO2. The van der Waals surface area contributed by atoms with Crippen LogP contribution >= 0.6 is 15.9 Å². The van der Waals surface area contributed by atoms with Crippen LogP contribution in [0.25, 0.3) is 0 Å². The van der Waals surface area contributed by atoms with Crippen LogP contribution in [-0.4, -0.2) is 16.2 Å². The van der Waals surface area contributed by atoms with Gasteiger partial charge >= 0.3 is 0 Å². The maximum atomic E-state index is 12.5. The number of benzene rings is 2. The summed E-state index contributed by atoms with van der Waals surface area (Å²) >= 11 is 3.53. The first-order valence-electron chi connectivity index (χ1n) is 6.60. The number of hydrogen-bond acceptors (Lipinski definition) is 2. The largest absolute Gasteiger partial charge is 0.485 e. The molecule has 1 aliphatic heterocycles. The minimum absolute atomic E-state index is 0.0882. The number of hydrogen-bond donors (Lipinski definition) is 0. The minimum Gasteiger partial charge on any atom is -0.485 e. The van der Waals surface area contributed by atoms with Gasteiger partial charge in [0, 0.05) is 6.42 Å². The van der Waals surface area contributed by atoms with Gasteiger partial charge in [-0.1, -0.05) is 58.4 Å². The molecular weight excluding hydrogens is 316 g/mol. The summed E-state index contributed by atoms with van der Waals surface area (Å²) in [6, 6.07) is 17.5. The molecule has 2 aromatic carbocycles. The van der Waals surface area contributed by atoms with E-state index < -0.39 is 5.60 Å². The first-order chi connectivity index (χ1) is 9.60. The van der Waals surface area contributed by atoms with E-state index in [0.29, 0.717) is 17.7 Å². The summed E-state index contributed by atoms with van der Waals surface area (Å²) in [5.74, 6) is 0.761. The normalized spacial score (nSPS) is 24.9. The van der Waals surface area contributed by atoms with Crippen LogP contribution in [0.2, 0.25) is 0 Å². The monoisotopic (exact) mass is 330 g/mol. The van der Waals surface area contributed by atoms with Gasteiger partial charge in [-0.3, -0.25) is 4.79 Å². The molecule has 0 N–H and O–H groups in total. The Balaban J connectivity index is 1.96. The van der Waals surface area contributed by atoms with Crippen LogP contribution in [-0.2, 0) is 6.42 Å². The van der Waals surface area contributed by atoms with E-state index in [9.17, 15) is 4.79 Å². The van der Waals surface area contributed by atoms with Crippen LogP contribution in [0, 0.1) is 0 Å². The average molecular weight is 331 g/mol. The van der Waals surface area contributed by atoms with Crippen molar-refractivity contribution in [3.8, 4) is 5.75 Å². The molecule has 1 aliphatic rings. The van der Waals surface area contributed by atoms with Crippen LogP contribution in [0.3, 0.4) is 0 Å². The maximum absolute atomic E-state index is 12.5. The van der Waals surface area contributed by atoms with Gasteiger partial charge < -0.3 is 4.74 Å². The molecule has 0 spiro atoms. The van der Waals surface area contributed by atoms with Crippen LogP contribution in [0.5, 0.6) is 5.75 Å². The summed E-state index contributed by atoms with van der Waals surface area (Å²) < 4.78 is 6.14. The molecule has 2 unspecified atom stereocenters. The zero-order chi connectivity index (χ0) is 14.2. The Morgan fingerprint density at radius 3 is 2.50 bits per heavy atom. The van der Waals surface area contributed by atoms with Gasteiger partial charge in [0.1, 0.15) is 16.2 Å². The Bertz CT molecular complexity index is 638. The van der Waals surface area contributed by atoms with E-state index in [1.807, 2.05) is 49.4 Å². The Morgan fingerprint density at radius 2 is 1.75 bits per heavy atom. The number of ketones is 1. The number of carbonyl (C=O) groups excluding carboxylic acids is 1. The van der Waals surface area contributed by atoms with Crippen LogP contribution < -0.4 is 4.74 Å². The smallest absolute Gasteiger partial charge is 0.184 e. The molecule has 102 valence electrons. The SMILES string of the molecule is CC1(Cc2ccccc2)Oc2ccccc2C(=O)C1Br. The maximum Gasteiger partial charge on any atom is 0.184 e. The lowest BCUT2D eigenvalue weighted by molar-refractivity contribution is 0.0578. The number of para-hydroxylation sites is 1. The first kappa shape index (κ1) is 13.4. The highest BCUT2D eigenvalue weighted by molar-refractivity contribution is 9.10. The quantitative estimate of drug-likeness (QED) is 0.777. The highest BCUT2D eigenvalue weighted by Gasteiger charge is 2.44. The molecule has 0 amide bonds. The molecule has 3 rings (SSSR count). The summed E-state index contributed by atoms with van der Waals surface area (Å²) in [4.78, 5) is 12.2. The van der Waals surface area contributed by atoms with Crippen molar-refractivity contribution >= 4 is 21.7 Å². The molecule has 0 aliphatic carbocycles. The lowest BCUT2D eigenvalue weighted by Gasteiger charge is -2.39. The fourth-order valence-corrected chi connectivity index (χ4v) is 3.10. The summed E-state index contributed by atoms with van der Waals surface area (Å²) in [5, 5.41) is 0. The standard InChI is InChI=1S/C17H15BrO2/c1-17(11-12-7-3-2-4-8-12)16(18)15(19)13-9-5-6-10-14(13)20-17/h2-10,16H,11H2,1H3. The van der Waals surface area contributed by atoms with Gasteiger partial charge in [-0.15, -0.1) is 0 Å². The van der Waals surface area contributed by atoms with Gasteiger partial charge in [0.25, 0.3) is 0 Å². The zero-order valence-electron chi connectivity index (χ0n) is 11.2. The van der Waals surface area contributed by atoms with Crippen molar-refractivity contribution in [2.75, 3.05) is 0 Å². The highest BCUT2D eigenvalue weighted by Crippen LogP contribution is 2.38. The van der Waals surface area contributed by atoms with Crippen molar-refractivity contribution in [2.45, 2.75) is 23.8 Å². The van der Waals surface area contributed by atoms with E-state index in [1.165, 1.54) is 0 Å². The Labute approximate surface area is 126 Å². The highest BCUT2D eigenvalue weighted by atomic mass is 79.9. The number of alkyl halides is 1. The van der Waals surface area contributed by atoms with Gasteiger partial charge in [-0.05, 0) is 24.6 Å². The third kappa shape index (κ3) is 2.27. The van der Waals surface area contributed by atoms with Crippen molar-refractivity contribution in [3.63, 3.8) is 0 Å². The summed E-state index contributed by atoms with van der Waals surface area (Å²) in [6.45, 7) is 1.98.